The number of halogens is 2. The molecule has 0 aliphatic rings. The maximum atomic E-state index is 9.90. The van der Waals surface area contributed by atoms with E-state index in [2.05, 4.69) is 26.1 Å². The summed E-state index contributed by atoms with van der Waals surface area (Å²) >= 11 is 12.0. The molecule has 20 heavy (non-hydrogen) atoms. The van der Waals surface area contributed by atoms with Crippen LogP contribution in [-0.2, 0) is 0 Å². The fourth-order valence-corrected chi connectivity index (χ4v) is 2.49. The average molecular weight is 320 g/mol. The van der Waals surface area contributed by atoms with Gasteiger partial charge in [0.1, 0.15) is 12.7 Å². The third-order valence-corrected chi connectivity index (χ3v) is 3.46. The van der Waals surface area contributed by atoms with Crippen LogP contribution in [0.2, 0.25) is 10.0 Å². The second-order valence-corrected chi connectivity index (χ2v) is 6.27. The minimum atomic E-state index is -0.600. The monoisotopic (exact) mass is 319 g/mol. The van der Waals surface area contributed by atoms with Crippen molar-refractivity contribution in [2.24, 2.45) is 5.92 Å². The van der Waals surface area contributed by atoms with Gasteiger partial charge in [0, 0.05) is 12.6 Å². The Bertz CT molecular complexity index is 393. The summed E-state index contributed by atoms with van der Waals surface area (Å²) in [7, 11) is 0. The lowest BCUT2D eigenvalue weighted by atomic mass is 10.1. The van der Waals surface area contributed by atoms with Crippen LogP contribution in [0.1, 0.15) is 27.2 Å². The number of ether oxygens (including phenoxy) is 1. The number of benzene rings is 1. The molecule has 0 radical (unpaired) electrons. The highest BCUT2D eigenvalue weighted by atomic mass is 35.5. The van der Waals surface area contributed by atoms with Crippen LogP contribution < -0.4 is 10.1 Å². The molecule has 2 N–H and O–H groups in total. The lowest BCUT2D eigenvalue weighted by Crippen LogP contribution is -2.37. The first-order chi connectivity index (χ1) is 9.40. The summed E-state index contributed by atoms with van der Waals surface area (Å²) in [6.07, 6.45) is 0.473. The Morgan fingerprint density at radius 1 is 1.20 bits per heavy atom. The molecular formula is C15H23Cl2NO2. The van der Waals surface area contributed by atoms with E-state index in [0.29, 0.717) is 34.3 Å². The van der Waals surface area contributed by atoms with Crippen molar-refractivity contribution in [3.05, 3.63) is 28.2 Å². The minimum Gasteiger partial charge on any atom is -0.488 e. The van der Waals surface area contributed by atoms with E-state index >= 15 is 0 Å². The van der Waals surface area contributed by atoms with Gasteiger partial charge in [-0.05, 0) is 31.4 Å². The molecule has 0 saturated heterocycles. The second-order valence-electron chi connectivity index (χ2n) is 5.45. The number of hydrogen-bond acceptors (Lipinski definition) is 3. The van der Waals surface area contributed by atoms with Crippen molar-refractivity contribution in [1.82, 2.24) is 5.32 Å². The van der Waals surface area contributed by atoms with E-state index in [9.17, 15) is 5.11 Å². The van der Waals surface area contributed by atoms with Gasteiger partial charge in [0.15, 0.2) is 5.75 Å². The zero-order valence-corrected chi connectivity index (χ0v) is 13.7. The van der Waals surface area contributed by atoms with Crippen LogP contribution in [0.5, 0.6) is 5.75 Å². The van der Waals surface area contributed by atoms with Gasteiger partial charge in [0.25, 0.3) is 0 Å². The fourth-order valence-electron chi connectivity index (χ4n) is 1.99. The molecule has 0 aliphatic carbocycles. The van der Waals surface area contributed by atoms with Gasteiger partial charge in [0.05, 0.1) is 10.0 Å². The Morgan fingerprint density at radius 2 is 1.80 bits per heavy atom. The molecule has 0 aliphatic heterocycles. The number of rotatable bonds is 8. The van der Waals surface area contributed by atoms with Crippen LogP contribution >= 0.6 is 23.2 Å². The molecule has 0 spiro atoms. The summed E-state index contributed by atoms with van der Waals surface area (Å²) in [6.45, 7) is 7.10. The summed E-state index contributed by atoms with van der Waals surface area (Å²) in [5.41, 5.74) is 0. The number of hydrogen-bond donors (Lipinski definition) is 2. The molecule has 0 heterocycles. The summed E-state index contributed by atoms with van der Waals surface area (Å²) in [4.78, 5) is 0. The topological polar surface area (TPSA) is 41.5 Å². The van der Waals surface area contributed by atoms with Crippen molar-refractivity contribution in [2.75, 3.05) is 13.2 Å². The Hall–Kier alpha value is -0.480. The van der Waals surface area contributed by atoms with Gasteiger partial charge in [-0.3, -0.25) is 0 Å². The summed E-state index contributed by atoms with van der Waals surface area (Å²) in [5.74, 6) is 1.05. The Balaban J connectivity index is 2.35. The van der Waals surface area contributed by atoms with E-state index in [1.165, 1.54) is 0 Å². The van der Waals surface area contributed by atoms with E-state index in [-0.39, 0.29) is 6.61 Å². The summed E-state index contributed by atoms with van der Waals surface area (Å²) in [5, 5.41) is 14.1. The molecule has 0 amide bonds. The van der Waals surface area contributed by atoms with Crippen LogP contribution in [0.15, 0.2) is 18.2 Å². The van der Waals surface area contributed by atoms with Crippen molar-refractivity contribution >= 4 is 23.2 Å². The molecule has 1 aromatic rings. The molecule has 1 rings (SSSR count). The van der Waals surface area contributed by atoms with Gasteiger partial charge in [-0.1, -0.05) is 43.1 Å². The van der Waals surface area contributed by atoms with Crippen molar-refractivity contribution in [3.63, 3.8) is 0 Å². The second kappa shape index (κ2) is 8.73. The Labute approximate surface area is 131 Å². The van der Waals surface area contributed by atoms with Gasteiger partial charge >= 0.3 is 0 Å². The summed E-state index contributed by atoms with van der Waals surface area (Å²) in [6, 6.07) is 5.54. The molecule has 3 nitrogen and oxygen atoms in total. The SMILES string of the molecule is CC(C)CC(C)NCC(O)COc1c(Cl)cccc1Cl. The first-order valence-electron chi connectivity index (χ1n) is 6.88. The average Bonchev–Trinajstić information content (AvgIpc) is 2.35. The number of aliphatic hydroxyl groups excluding tert-OH is 1. The molecule has 0 aromatic heterocycles. The van der Waals surface area contributed by atoms with Crippen molar-refractivity contribution in [1.29, 1.82) is 0 Å². The Kier molecular flexibility index (Phi) is 7.67. The highest BCUT2D eigenvalue weighted by Crippen LogP contribution is 2.32. The van der Waals surface area contributed by atoms with Crippen molar-refractivity contribution in [3.8, 4) is 5.75 Å². The van der Waals surface area contributed by atoms with Gasteiger partial charge in [-0.25, -0.2) is 0 Å². The van der Waals surface area contributed by atoms with Crippen molar-refractivity contribution < 1.29 is 9.84 Å². The maximum absolute atomic E-state index is 9.90. The van der Waals surface area contributed by atoms with E-state index < -0.39 is 6.10 Å². The van der Waals surface area contributed by atoms with E-state index in [1.54, 1.807) is 18.2 Å². The number of para-hydroxylation sites is 1. The first kappa shape index (κ1) is 17.6. The predicted octanol–water partition coefficient (Wildman–Crippen LogP) is 3.76. The van der Waals surface area contributed by atoms with E-state index in [0.717, 1.165) is 6.42 Å². The maximum Gasteiger partial charge on any atom is 0.156 e. The number of nitrogens with one attached hydrogen (secondary N) is 1. The molecular weight excluding hydrogens is 297 g/mol. The van der Waals surface area contributed by atoms with Crippen LogP contribution in [0.25, 0.3) is 0 Å². The van der Waals surface area contributed by atoms with Crippen LogP contribution in [-0.4, -0.2) is 30.4 Å². The van der Waals surface area contributed by atoms with Gasteiger partial charge in [-0.2, -0.15) is 0 Å². The van der Waals surface area contributed by atoms with Crippen LogP contribution in [0.3, 0.4) is 0 Å². The molecule has 114 valence electrons. The molecule has 0 saturated carbocycles. The molecule has 2 unspecified atom stereocenters. The van der Waals surface area contributed by atoms with Gasteiger partial charge in [-0.15, -0.1) is 0 Å². The molecule has 0 fully saturated rings. The summed E-state index contributed by atoms with van der Waals surface area (Å²) < 4.78 is 5.49. The molecule has 5 heteroatoms. The zero-order chi connectivity index (χ0) is 15.1. The number of aliphatic hydroxyl groups is 1. The lowest BCUT2D eigenvalue weighted by molar-refractivity contribution is 0.103. The predicted molar refractivity (Wildman–Crippen MR) is 84.9 cm³/mol. The normalized spacial score (nSPS) is 14.3. The quantitative estimate of drug-likeness (QED) is 0.766. The Morgan fingerprint density at radius 3 is 2.35 bits per heavy atom. The van der Waals surface area contributed by atoms with Gasteiger partial charge in [0.2, 0.25) is 0 Å². The van der Waals surface area contributed by atoms with Gasteiger partial charge < -0.3 is 15.2 Å². The fraction of sp³-hybridized carbons (Fsp3) is 0.600. The van der Waals surface area contributed by atoms with Crippen LogP contribution in [0.4, 0.5) is 0 Å². The molecule has 1 aromatic carbocycles. The third kappa shape index (κ3) is 6.31. The first-order valence-corrected chi connectivity index (χ1v) is 7.64. The smallest absolute Gasteiger partial charge is 0.156 e. The van der Waals surface area contributed by atoms with E-state index in [4.69, 9.17) is 27.9 Å². The molecule has 0 bridgehead atoms. The molecule has 2 atom stereocenters. The van der Waals surface area contributed by atoms with Crippen LogP contribution in [0, 0.1) is 5.92 Å². The minimum absolute atomic E-state index is 0.158. The lowest BCUT2D eigenvalue weighted by Gasteiger charge is -2.19. The third-order valence-electron chi connectivity index (χ3n) is 2.87. The zero-order valence-electron chi connectivity index (χ0n) is 12.2. The largest absolute Gasteiger partial charge is 0.488 e. The highest BCUT2D eigenvalue weighted by molar-refractivity contribution is 6.37. The highest BCUT2D eigenvalue weighted by Gasteiger charge is 2.12. The van der Waals surface area contributed by atoms with Crippen molar-refractivity contribution in [2.45, 2.75) is 39.3 Å². The van der Waals surface area contributed by atoms with E-state index in [1.807, 2.05) is 0 Å². The standard InChI is InChI=1S/C15H23Cl2NO2/c1-10(2)7-11(3)18-8-12(19)9-20-15-13(16)5-4-6-14(15)17/h4-6,10-12,18-19H,7-9H2,1-3H3.